The SMILES string of the molecule is CC.CC(C)(F)CC(N)c1nc2ccc(-c3ccncc3)cc2[nH]1. The molecule has 5 heteroatoms. The molecule has 0 fully saturated rings. The Labute approximate surface area is 142 Å². The van der Waals surface area contributed by atoms with Crippen LogP contribution in [0.25, 0.3) is 22.2 Å². The van der Waals surface area contributed by atoms with E-state index in [-0.39, 0.29) is 6.42 Å². The Bertz CT molecular complexity index is 775. The normalized spacial score (nSPS) is 12.6. The van der Waals surface area contributed by atoms with Crippen LogP contribution in [0.2, 0.25) is 0 Å². The molecule has 3 aromatic rings. The number of nitrogens with two attached hydrogens (primary N) is 1. The van der Waals surface area contributed by atoms with Gasteiger partial charge in [0, 0.05) is 18.8 Å². The summed E-state index contributed by atoms with van der Waals surface area (Å²) in [4.78, 5) is 11.7. The third kappa shape index (κ3) is 4.38. The maximum Gasteiger partial charge on any atom is 0.124 e. The second-order valence-electron chi connectivity index (χ2n) is 6.12. The van der Waals surface area contributed by atoms with Gasteiger partial charge in [0.05, 0.1) is 17.1 Å². The van der Waals surface area contributed by atoms with Crippen LogP contribution in [0.5, 0.6) is 0 Å². The highest BCUT2D eigenvalue weighted by Crippen LogP contribution is 2.27. The van der Waals surface area contributed by atoms with Gasteiger partial charge in [-0.15, -0.1) is 0 Å². The van der Waals surface area contributed by atoms with Gasteiger partial charge in [-0.2, -0.15) is 0 Å². The van der Waals surface area contributed by atoms with Crippen LogP contribution in [0.15, 0.2) is 42.7 Å². The van der Waals surface area contributed by atoms with Crippen molar-refractivity contribution in [3.8, 4) is 11.1 Å². The first-order chi connectivity index (χ1) is 11.4. The fourth-order valence-electron chi connectivity index (χ4n) is 2.55. The van der Waals surface area contributed by atoms with Crippen molar-refractivity contribution in [2.45, 2.75) is 45.8 Å². The minimum absolute atomic E-state index is 0.226. The van der Waals surface area contributed by atoms with Gasteiger partial charge >= 0.3 is 0 Å². The summed E-state index contributed by atoms with van der Waals surface area (Å²) < 4.78 is 13.7. The first-order valence-electron chi connectivity index (χ1n) is 8.27. The second-order valence-corrected chi connectivity index (χ2v) is 6.12. The van der Waals surface area contributed by atoms with Crippen LogP contribution < -0.4 is 5.73 Å². The van der Waals surface area contributed by atoms with Crippen LogP contribution in [0.3, 0.4) is 0 Å². The maximum absolute atomic E-state index is 13.7. The van der Waals surface area contributed by atoms with E-state index < -0.39 is 11.7 Å². The number of hydrogen-bond donors (Lipinski definition) is 2. The van der Waals surface area contributed by atoms with Crippen molar-refractivity contribution in [1.82, 2.24) is 15.0 Å². The fourth-order valence-corrected chi connectivity index (χ4v) is 2.55. The number of aromatic nitrogens is 3. The van der Waals surface area contributed by atoms with Crippen molar-refractivity contribution < 1.29 is 4.39 Å². The second kappa shape index (κ2) is 7.53. The number of nitrogens with one attached hydrogen (secondary N) is 1. The molecule has 24 heavy (non-hydrogen) atoms. The standard InChI is InChI=1S/C17H19FN4.C2H6/c1-17(2,18)10-13(19)16-21-14-4-3-12(9-15(14)22-16)11-5-7-20-8-6-11;1-2/h3-9,13H,10,19H2,1-2H3,(H,21,22);1-2H3. The van der Waals surface area contributed by atoms with Crippen LogP contribution in [0.1, 0.15) is 46.0 Å². The van der Waals surface area contributed by atoms with E-state index in [1.54, 1.807) is 12.4 Å². The molecule has 0 saturated heterocycles. The van der Waals surface area contributed by atoms with E-state index in [1.165, 1.54) is 13.8 Å². The first kappa shape index (κ1) is 18.1. The van der Waals surface area contributed by atoms with Crippen LogP contribution in [-0.4, -0.2) is 20.6 Å². The lowest BCUT2D eigenvalue weighted by Gasteiger charge is -2.17. The monoisotopic (exact) mass is 328 g/mol. The number of fused-ring (bicyclic) bond motifs is 1. The Morgan fingerprint density at radius 1 is 1.12 bits per heavy atom. The van der Waals surface area contributed by atoms with Crippen molar-refractivity contribution in [1.29, 1.82) is 0 Å². The average molecular weight is 328 g/mol. The van der Waals surface area contributed by atoms with E-state index in [0.717, 1.165) is 22.2 Å². The zero-order valence-corrected chi connectivity index (χ0v) is 14.7. The van der Waals surface area contributed by atoms with E-state index in [2.05, 4.69) is 15.0 Å². The number of rotatable bonds is 4. The molecule has 0 aliphatic carbocycles. The highest BCUT2D eigenvalue weighted by atomic mass is 19.1. The number of hydrogen-bond acceptors (Lipinski definition) is 3. The molecular weight excluding hydrogens is 303 g/mol. The van der Waals surface area contributed by atoms with Crippen LogP contribution in [0.4, 0.5) is 4.39 Å². The number of alkyl halides is 1. The summed E-state index contributed by atoms with van der Waals surface area (Å²) in [6, 6.07) is 9.43. The Kier molecular flexibility index (Phi) is 5.67. The number of aromatic amines is 1. The molecular formula is C19H25FN4. The molecule has 0 saturated carbocycles. The Balaban J connectivity index is 0.00000100. The molecule has 3 rings (SSSR count). The minimum Gasteiger partial charge on any atom is -0.341 e. The highest BCUT2D eigenvalue weighted by Gasteiger charge is 2.23. The summed E-state index contributed by atoms with van der Waals surface area (Å²) in [6.45, 7) is 7.05. The molecule has 1 atom stereocenters. The summed E-state index contributed by atoms with van der Waals surface area (Å²) in [7, 11) is 0. The largest absolute Gasteiger partial charge is 0.341 e. The van der Waals surface area contributed by atoms with E-state index >= 15 is 0 Å². The number of halogens is 1. The number of H-pyrrole nitrogens is 1. The van der Waals surface area contributed by atoms with E-state index in [9.17, 15) is 4.39 Å². The van der Waals surface area contributed by atoms with Gasteiger partial charge in [0.15, 0.2) is 0 Å². The van der Waals surface area contributed by atoms with Crippen molar-refractivity contribution in [2.75, 3.05) is 0 Å². The molecule has 1 unspecified atom stereocenters. The molecule has 0 spiro atoms. The quantitative estimate of drug-likeness (QED) is 0.723. The third-order valence-electron chi connectivity index (χ3n) is 3.57. The van der Waals surface area contributed by atoms with E-state index in [4.69, 9.17) is 5.73 Å². The van der Waals surface area contributed by atoms with Gasteiger partial charge in [-0.25, -0.2) is 9.37 Å². The first-order valence-corrected chi connectivity index (χ1v) is 8.27. The Hall–Kier alpha value is -2.27. The molecule has 128 valence electrons. The van der Waals surface area contributed by atoms with Crippen molar-refractivity contribution in [3.05, 3.63) is 48.5 Å². The Morgan fingerprint density at radius 2 is 1.79 bits per heavy atom. The molecule has 0 radical (unpaired) electrons. The lowest BCUT2D eigenvalue weighted by molar-refractivity contribution is 0.186. The maximum atomic E-state index is 13.7. The topological polar surface area (TPSA) is 67.6 Å². The van der Waals surface area contributed by atoms with Crippen molar-refractivity contribution in [3.63, 3.8) is 0 Å². The molecule has 0 aliphatic heterocycles. The zero-order chi connectivity index (χ0) is 17.7. The Morgan fingerprint density at radius 3 is 2.42 bits per heavy atom. The average Bonchev–Trinajstić information content (AvgIpc) is 2.99. The molecule has 1 aromatic carbocycles. The number of nitrogens with zero attached hydrogens (tertiary/aromatic N) is 2. The van der Waals surface area contributed by atoms with Crippen LogP contribution in [0, 0.1) is 0 Å². The summed E-state index contributed by atoms with van der Waals surface area (Å²) >= 11 is 0. The summed E-state index contributed by atoms with van der Waals surface area (Å²) in [6.07, 6.45) is 3.75. The number of pyridine rings is 1. The molecule has 0 amide bonds. The molecule has 0 aliphatic rings. The lowest BCUT2D eigenvalue weighted by Crippen LogP contribution is -2.23. The van der Waals surface area contributed by atoms with Crippen LogP contribution >= 0.6 is 0 Å². The predicted molar refractivity (Wildman–Crippen MR) is 97.4 cm³/mol. The van der Waals surface area contributed by atoms with Gasteiger partial charge in [0.1, 0.15) is 11.5 Å². The summed E-state index contributed by atoms with van der Waals surface area (Å²) in [5.74, 6) is 0.618. The van der Waals surface area contributed by atoms with Gasteiger partial charge in [0.2, 0.25) is 0 Å². The van der Waals surface area contributed by atoms with Gasteiger partial charge in [-0.3, -0.25) is 4.98 Å². The molecule has 0 bridgehead atoms. The van der Waals surface area contributed by atoms with Gasteiger partial charge in [-0.05, 0) is 49.2 Å². The molecule has 3 N–H and O–H groups in total. The predicted octanol–water partition coefficient (Wildman–Crippen LogP) is 4.79. The zero-order valence-electron chi connectivity index (χ0n) is 14.7. The molecule has 2 heterocycles. The van der Waals surface area contributed by atoms with Crippen LogP contribution in [-0.2, 0) is 0 Å². The fraction of sp³-hybridized carbons (Fsp3) is 0.368. The number of imidazole rings is 1. The van der Waals surface area contributed by atoms with Gasteiger partial charge in [0.25, 0.3) is 0 Å². The minimum atomic E-state index is -1.32. The van der Waals surface area contributed by atoms with E-state index in [0.29, 0.717) is 5.82 Å². The molecule has 2 aromatic heterocycles. The third-order valence-corrected chi connectivity index (χ3v) is 3.57. The lowest BCUT2D eigenvalue weighted by atomic mass is 10.0. The highest BCUT2D eigenvalue weighted by molar-refractivity contribution is 5.81. The van der Waals surface area contributed by atoms with Crippen molar-refractivity contribution in [2.24, 2.45) is 5.73 Å². The van der Waals surface area contributed by atoms with Gasteiger partial charge < -0.3 is 10.7 Å². The van der Waals surface area contributed by atoms with E-state index in [1.807, 2.05) is 44.2 Å². The molecule has 4 nitrogen and oxygen atoms in total. The number of benzene rings is 1. The van der Waals surface area contributed by atoms with Crippen molar-refractivity contribution >= 4 is 11.0 Å². The summed E-state index contributed by atoms with van der Waals surface area (Å²) in [5.41, 5.74) is 8.63. The van der Waals surface area contributed by atoms with Gasteiger partial charge in [-0.1, -0.05) is 19.9 Å². The summed E-state index contributed by atoms with van der Waals surface area (Å²) in [5, 5.41) is 0. The smallest absolute Gasteiger partial charge is 0.124 e.